The van der Waals surface area contributed by atoms with Gasteiger partial charge in [-0.25, -0.2) is 0 Å². The highest BCUT2D eigenvalue weighted by Gasteiger charge is 2.30. The minimum absolute atomic E-state index is 0.124. The van der Waals surface area contributed by atoms with Crippen LogP contribution in [0.3, 0.4) is 0 Å². The van der Waals surface area contributed by atoms with E-state index in [1.807, 2.05) is 24.3 Å². The molecule has 1 saturated carbocycles. The first-order valence-electron chi connectivity index (χ1n) is 7.44. The summed E-state index contributed by atoms with van der Waals surface area (Å²) in [7, 11) is 0. The highest BCUT2D eigenvalue weighted by Crippen LogP contribution is 2.35. The number of aromatic hydroxyl groups is 1. The molecule has 0 bridgehead atoms. The van der Waals surface area contributed by atoms with E-state index < -0.39 is 0 Å². The van der Waals surface area contributed by atoms with Crippen LogP contribution in [-0.4, -0.2) is 11.1 Å². The Kier molecular flexibility index (Phi) is 4.18. The number of phenolic OH excluding ortho intramolecular Hbond substituents is 1. The molecule has 0 heterocycles. The second-order valence-electron chi connectivity index (χ2n) is 5.87. The number of hydrogen-bond donors (Lipinski definition) is 2. The first-order chi connectivity index (χ1) is 10.1. The van der Waals surface area contributed by atoms with Crippen LogP contribution in [0.4, 0.5) is 0 Å². The molecule has 0 spiro atoms. The van der Waals surface area contributed by atoms with Gasteiger partial charge >= 0.3 is 0 Å². The third-order valence-corrected chi connectivity index (χ3v) is 4.44. The minimum Gasteiger partial charge on any atom is -0.508 e. The standard InChI is InChI=1S/C18H20ClNO/c1-12(13-2-3-13)20-18(14-4-8-16(19)9-5-14)15-6-10-17(21)11-7-15/h4-13,18,20-21H,2-3H2,1H3. The fourth-order valence-corrected chi connectivity index (χ4v) is 2.83. The maximum Gasteiger partial charge on any atom is 0.115 e. The van der Waals surface area contributed by atoms with Gasteiger partial charge in [-0.3, -0.25) is 0 Å². The van der Waals surface area contributed by atoms with Gasteiger partial charge in [0.25, 0.3) is 0 Å². The van der Waals surface area contributed by atoms with E-state index in [-0.39, 0.29) is 6.04 Å². The number of halogens is 1. The number of phenols is 1. The smallest absolute Gasteiger partial charge is 0.115 e. The van der Waals surface area contributed by atoms with Crippen molar-refractivity contribution in [2.45, 2.75) is 31.8 Å². The van der Waals surface area contributed by atoms with Crippen LogP contribution in [0.1, 0.15) is 36.9 Å². The van der Waals surface area contributed by atoms with E-state index in [1.54, 1.807) is 12.1 Å². The van der Waals surface area contributed by atoms with Gasteiger partial charge in [0.2, 0.25) is 0 Å². The molecule has 1 aliphatic rings. The summed E-state index contributed by atoms with van der Waals surface area (Å²) in [6, 6.07) is 16.0. The van der Waals surface area contributed by atoms with E-state index in [1.165, 1.54) is 18.4 Å². The zero-order valence-corrected chi connectivity index (χ0v) is 12.8. The molecule has 2 atom stereocenters. The summed E-state index contributed by atoms with van der Waals surface area (Å²) in [6.07, 6.45) is 2.63. The number of hydrogen-bond acceptors (Lipinski definition) is 2. The molecule has 3 heteroatoms. The lowest BCUT2D eigenvalue weighted by Gasteiger charge is -2.24. The predicted octanol–water partition coefficient (Wildman–Crippen LogP) is 4.52. The quantitative estimate of drug-likeness (QED) is 0.851. The van der Waals surface area contributed by atoms with Crippen LogP contribution in [0, 0.1) is 5.92 Å². The topological polar surface area (TPSA) is 32.3 Å². The van der Waals surface area contributed by atoms with Gasteiger partial charge in [0.05, 0.1) is 6.04 Å². The van der Waals surface area contributed by atoms with Gasteiger partial charge in [0.1, 0.15) is 5.75 Å². The number of nitrogens with one attached hydrogen (secondary N) is 1. The molecule has 2 aromatic carbocycles. The minimum atomic E-state index is 0.124. The molecule has 110 valence electrons. The summed E-state index contributed by atoms with van der Waals surface area (Å²) in [5.74, 6) is 1.08. The third-order valence-electron chi connectivity index (χ3n) is 4.19. The number of benzene rings is 2. The fourth-order valence-electron chi connectivity index (χ4n) is 2.70. The maximum atomic E-state index is 9.49. The van der Waals surface area contributed by atoms with Gasteiger partial charge in [-0.2, -0.15) is 0 Å². The van der Waals surface area contributed by atoms with Gasteiger partial charge < -0.3 is 10.4 Å². The van der Waals surface area contributed by atoms with Crippen molar-refractivity contribution in [1.29, 1.82) is 0 Å². The summed E-state index contributed by atoms with van der Waals surface area (Å²) >= 11 is 6.00. The molecule has 2 N–H and O–H groups in total. The average Bonchev–Trinajstić information content (AvgIpc) is 3.31. The Morgan fingerprint density at radius 1 is 1.00 bits per heavy atom. The largest absolute Gasteiger partial charge is 0.508 e. The first kappa shape index (κ1) is 14.4. The lowest BCUT2D eigenvalue weighted by molar-refractivity contribution is 0.455. The summed E-state index contributed by atoms with van der Waals surface area (Å²) in [4.78, 5) is 0. The van der Waals surface area contributed by atoms with E-state index in [2.05, 4.69) is 24.4 Å². The van der Waals surface area contributed by atoms with E-state index >= 15 is 0 Å². The molecule has 0 aromatic heterocycles. The van der Waals surface area contributed by atoms with Gasteiger partial charge in [-0.1, -0.05) is 35.9 Å². The summed E-state index contributed by atoms with van der Waals surface area (Å²) in [5, 5.41) is 14.0. The van der Waals surface area contributed by atoms with Gasteiger partial charge in [0.15, 0.2) is 0 Å². The molecular formula is C18H20ClNO. The van der Waals surface area contributed by atoms with Crippen LogP contribution in [0.5, 0.6) is 5.75 Å². The Labute approximate surface area is 130 Å². The SMILES string of the molecule is CC(NC(c1ccc(O)cc1)c1ccc(Cl)cc1)C1CC1. The zero-order chi connectivity index (χ0) is 14.8. The lowest BCUT2D eigenvalue weighted by Crippen LogP contribution is -2.32. The molecule has 3 rings (SSSR count). The molecule has 2 aromatic rings. The van der Waals surface area contributed by atoms with E-state index in [0.717, 1.165) is 16.5 Å². The Hall–Kier alpha value is -1.51. The van der Waals surface area contributed by atoms with E-state index in [9.17, 15) is 5.11 Å². The molecule has 1 aliphatic carbocycles. The molecule has 0 saturated heterocycles. The molecule has 2 nitrogen and oxygen atoms in total. The van der Waals surface area contributed by atoms with Gasteiger partial charge in [-0.05, 0) is 61.1 Å². The fraction of sp³-hybridized carbons (Fsp3) is 0.333. The van der Waals surface area contributed by atoms with Crippen LogP contribution >= 0.6 is 11.6 Å². The van der Waals surface area contributed by atoms with Crippen molar-refractivity contribution in [1.82, 2.24) is 5.32 Å². The molecule has 2 unspecified atom stereocenters. The molecular weight excluding hydrogens is 282 g/mol. The molecule has 0 radical (unpaired) electrons. The van der Waals surface area contributed by atoms with Crippen LogP contribution < -0.4 is 5.32 Å². The molecule has 0 amide bonds. The third kappa shape index (κ3) is 3.58. The van der Waals surface area contributed by atoms with Gasteiger partial charge in [-0.15, -0.1) is 0 Å². The lowest BCUT2D eigenvalue weighted by atomic mass is 9.97. The molecule has 21 heavy (non-hydrogen) atoms. The Balaban J connectivity index is 1.89. The van der Waals surface area contributed by atoms with Crippen molar-refractivity contribution in [3.63, 3.8) is 0 Å². The number of rotatable bonds is 5. The second kappa shape index (κ2) is 6.08. The summed E-state index contributed by atoms with van der Waals surface area (Å²) in [5.41, 5.74) is 2.35. The highest BCUT2D eigenvalue weighted by atomic mass is 35.5. The monoisotopic (exact) mass is 301 g/mol. The normalized spacial score (nSPS) is 17.4. The van der Waals surface area contributed by atoms with Crippen molar-refractivity contribution < 1.29 is 5.11 Å². The zero-order valence-electron chi connectivity index (χ0n) is 12.1. The van der Waals surface area contributed by atoms with Crippen molar-refractivity contribution in [3.8, 4) is 5.75 Å². The van der Waals surface area contributed by atoms with Crippen LogP contribution in [0.2, 0.25) is 5.02 Å². The van der Waals surface area contributed by atoms with E-state index in [0.29, 0.717) is 11.8 Å². The average molecular weight is 302 g/mol. The summed E-state index contributed by atoms with van der Waals surface area (Å²) < 4.78 is 0. The van der Waals surface area contributed by atoms with Gasteiger partial charge in [0, 0.05) is 11.1 Å². The Bertz CT molecular complexity index is 544. The van der Waals surface area contributed by atoms with Crippen molar-refractivity contribution in [3.05, 3.63) is 64.7 Å². The van der Waals surface area contributed by atoms with Crippen LogP contribution in [0.15, 0.2) is 48.5 Å². The molecule has 1 fully saturated rings. The maximum absolute atomic E-state index is 9.49. The van der Waals surface area contributed by atoms with Crippen molar-refractivity contribution >= 4 is 11.6 Å². The summed E-state index contributed by atoms with van der Waals surface area (Å²) in [6.45, 7) is 2.25. The van der Waals surface area contributed by atoms with Crippen molar-refractivity contribution in [2.24, 2.45) is 5.92 Å². The Morgan fingerprint density at radius 2 is 1.52 bits per heavy atom. The molecule has 0 aliphatic heterocycles. The van der Waals surface area contributed by atoms with Crippen molar-refractivity contribution in [2.75, 3.05) is 0 Å². The first-order valence-corrected chi connectivity index (χ1v) is 7.82. The van der Waals surface area contributed by atoms with Crippen LogP contribution in [0.25, 0.3) is 0 Å². The van der Waals surface area contributed by atoms with Crippen LogP contribution in [-0.2, 0) is 0 Å². The second-order valence-corrected chi connectivity index (χ2v) is 6.31. The highest BCUT2D eigenvalue weighted by molar-refractivity contribution is 6.30. The van der Waals surface area contributed by atoms with E-state index in [4.69, 9.17) is 11.6 Å². The predicted molar refractivity (Wildman–Crippen MR) is 86.7 cm³/mol. The Morgan fingerprint density at radius 3 is 2.05 bits per heavy atom.